The molecule has 197 valence electrons. The number of unbranched alkanes of at least 4 members (excludes halogenated alkanes) is 14. The standard InChI is InChI=1S/C18H34O2.3C4H9.Sn/c1-2-3-4-5-6-7-8-9-10-11-12-13-14-15-16-17-18(19)20;3*1-3-4-2;/h9-10H,2-8,11-17H2,1H3,(H,19,20);3*1,3-4H2,2H3;. The number of carbonyl (C=O) groups is 1. The van der Waals surface area contributed by atoms with Gasteiger partial charge in [0.25, 0.3) is 0 Å². The van der Waals surface area contributed by atoms with Gasteiger partial charge in [-0.1, -0.05) is 70.4 Å². The Bertz CT molecular complexity index is 376. The second-order valence-corrected chi connectivity index (χ2v) is 18.4. The minimum atomic E-state index is -0.839. The molecule has 0 aliphatic carbocycles. The summed E-state index contributed by atoms with van der Waals surface area (Å²) < 4.78 is 5.04. The molecule has 0 fully saturated rings. The van der Waals surface area contributed by atoms with Crippen molar-refractivity contribution in [2.24, 2.45) is 0 Å². The molecule has 0 aromatic carbocycles. The summed E-state index contributed by atoms with van der Waals surface area (Å²) in [6.45, 7) is 9.26. The van der Waals surface area contributed by atoms with Crippen LogP contribution in [0.1, 0.15) is 156 Å². The molecular weight excluding hydrogens is 511 g/mol. The minimum absolute atomic E-state index is 0.332. The first kappa shape index (κ1) is 35.2. The van der Waals surface area contributed by atoms with Gasteiger partial charge >= 0.3 is 98.3 Å². The van der Waals surface area contributed by atoms with E-state index in [4.69, 9.17) is 5.11 Å². The summed E-state index contributed by atoms with van der Waals surface area (Å²) >= 11 is -0.839. The van der Waals surface area contributed by atoms with Gasteiger partial charge in [0.05, 0.1) is 0 Å². The SMILES string of the molecule is CCCCCCCCC=CCCCCCCCC(=O)O.CCC[CH2][Sn]([CH2]CCC)[CH2]CCC. The van der Waals surface area contributed by atoms with Gasteiger partial charge in [0.15, 0.2) is 0 Å². The molecule has 2 nitrogen and oxygen atoms in total. The second kappa shape index (κ2) is 32.0. The zero-order valence-electron chi connectivity index (χ0n) is 23.3. The quantitative estimate of drug-likeness (QED) is 0.0710. The molecule has 0 bridgehead atoms. The third-order valence-corrected chi connectivity index (χ3v) is 15.4. The van der Waals surface area contributed by atoms with Gasteiger partial charge in [-0.25, -0.2) is 0 Å². The van der Waals surface area contributed by atoms with Crippen molar-refractivity contribution in [1.29, 1.82) is 0 Å². The number of allylic oxidation sites excluding steroid dienone is 2. The summed E-state index contributed by atoms with van der Waals surface area (Å²) in [5.74, 6) is -0.664. The zero-order valence-corrected chi connectivity index (χ0v) is 26.1. The van der Waals surface area contributed by atoms with Crippen LogP contribution in [0.15, 0.2) is 12.2 Å². The van der Waals surface area contributed by atoms with Crippen LogP contribution in [0.3, 0.4) is 0 Å². The van der Waals surface area contributed by atoms with Crippen LogP contribution in [0.2, 0.25) is 13.3 Å². The van der Waals surface area contributed by atoms with E-state index < -0.39 is 25.7 Å². The molecule has 0 spiro atoms. The Morgan fingerprint density at radius 1 is 0.545 bits per heavy atom. The summed E-state index contributed by atoms with van der Waals surface area (Å²) in [6.07, 6.45) is 30.1. The van der Waals surface area contributed by atoms with E-state index in [-0.39, 0.29) is 0 Å². The van der Waals surface area contributed by atoms with E-state index in [0.717, 1.165) is 12.8 Å². The zero-order chi connectivity index (χ0) is 24.8. The van der Waals surface area contributed by atoms with Crippen LogP contribution in [-0.4, -0.2) is 30.8 Å². The maximum atomic E-state index is 10.3. The molecule has 0 rings (SSSR count). The molecule has 0 amide bonds. The molecule has 0 unspecified atom stereocenters. The van der Waals surface area contributed by atoms with Gasteiger partial charge < -0.3 is 5.11 Å². The van der Waals surface area contributed by atoms with E-state index in [1.807, 2.05) is 0 Å². The van der Waals surface area contributed by atoms with Gasteiger partial charge in [-0.3, -0.25) is 4.79 Å². The third-order valence-electron chi connectivity index (χ3n) is 6.30. The van der Waals surface area contributed by atoms with Crippen LogP contribution in [0.4, 0.5) is 0 Å². The maximum absolute atomic E-state index is 10.3. The van der Waals surface area contributed by atoms with Gasteiger partial charge in [0.1, 0.15) is 0 Å². The van der Waals surface area contributed by atoms with Crippen molar-refractivity contribution in [2.75, 3.05) is 0 Å². The summed E-state index contributed by atoms with van der Waals surface area (Å²) in [5, 5.41) is 8.51. The van der Waals surface area contributed by atoms with E-state index in [9.17, 15) is 4.79 Å². The van der Waals surface area contributed by atoms with Crippen LogP contribution >= 0.6 is 0 Å². The van der Waals surface area contributed by atoms with Crippen molar-refractivity contribution in [2.45, 2.75) is 169 Å². The molecule has 0 aromatic heterocycles. The Morgan fingerprint density at radius 3 is 1.30 bits per heavy atom. The first-order valence-electron chi connectivity index (χ1n) is 14.8. The summed E-state index contributed by atoms with van der Waals surface area (Å²) in [7, 11) is 0. The molecule has 0 saturated carbocycles. The van der Waals surface area contributed by atoms with E-state index in [2.05, 4.69) is 39.8 Å². The molecule has 0 aliphatic rings. The van der Waals surface area contributed by atoms with Crippen molar-refractivity contribution in [3.8, 4) is 0 Å². The number of carboxylic acids is 1. The van der Waals surface area contributed by atoms with Gasteiger partial charge in [-0.05, 0) is 32.1 Å². The van der Waals surface area contributed by atoms with Crippen molar-refractivity contribution in [1.82, 2.24) is 0 Å². The van der Waals surface area contributed by atoms with E-state index in [1.165, 1.54) is 109 Å². The average molecular weight is 573 g/mol. The van der Waals surface area contributed by atoms with Gasteiger partial charge in [-0.2, -0.15) is 0 Å². The summed E-state index contributed by atoms with van der Waals surface area (Å²) in [4.78, 5) is 10.3. The fraction of sp³-hybridized carbons (Fsp3) is 0.900. The van der Waals surface area contributed by atoms with Crippen molar-refractivity contribution in [3.05, 3.63) is 12.2 Å². The Morgan fingerprint density at radius 2 is 0.909 bits per heavy atom. The van der Waals surface area contributed by atoms with E-state index in [1.54, 1.807) is 13.3 Å². The third kappa shape index (κ3) is 34.3. The Hall–Kier alpha value is 0.00870. The van der Waals surface area contributed by atoms with Crippen molar-refractivity contribution >= 4 is 25.7 Å². The van der Waals surface area contributed by atoms with E-state index in [0.29, 0.717) is 6.42 Å². The molecule has 0 aliphatic heterocycles. The monoisotopic (exact) mass is 573 g/mol. The first-order chi connectivity index (χ1) is 16.1. The predicted octanol–water partition coefficient (Wildman–Crippen LogP) is 11.0. The van der Waals surface area contributed by atoms with Gasteiger partial charge in [0.2, 0.25) is 0 Å². The molecule has 0 aromatic rings. The number of aliphatic carboxylic acids is 1. The number of rotatable bonds is 24. The fourth-order valence-corrected chi connectivity index (χ4v) is 13.5. The fourth-order valence-electron chi connectivity index (χ4n) is 4.00. The Balaban J connectivity index is 0. The van der Waals surface area contributed by atoms with Gasteiger partial charge in [0, 0.05) is 6.42 Å². The molecule has 1 radical (unpaired) electrons. The van der Waals surface area contributed by atoms with E-state index >= 15 is 0 Å². The molecule has 33 heavy (non-hydrogen) atoms. The molecule has 0 atom stereocenters. The summed E-state index contributed by atoms with van der Waals surface area (Å²) in [6, 6.07) is 0. The average Bonchev–Trinajstić information content (AvgIpc) is 2.81. The van der Waals surface area contributed by atoms with Crippen LogP contribution in [0.5, 0.6) is 0 Å². The Kier molecular flexibility index (Phi) is 34.1. The topological polar surface area (TPSA) is 37.3 Å². The Labute approximate surface area is 216 Å². The second-order valence-electron chi connectivity index (χ2n) is 9.79. The normalized spacial score (nSPS) is 11.2. The van der Waals surface area contributed by atoms with Crippen LogP contribution < -0.4 is 0 Å². The number of carboxylic acid groups (broad SMARTS) is 1. The van der Waals surface area contributed by atoms with Crippen molar-refractivity contribution in [3.63, 3.8) is 0 Å². The van der Waals surface area contributed by atoms with Crippen LogP contribution in [0.25, 0.3) is 0 Å². The molecule has 3 heteroatoms. The van der Waals surface area contributed by atoms with Crippen LogP contribution in [0, 0.1) is 0 Å². The number of hydrogen-bond donors (Lipinski definition) is 1. The molecule has 0 heterocycles. The molecule has 1 N–H and O–H groups in total. The first-order valence-corrected chi connectivity index (χ1v) is 20.9. The van der Waals surface area contributed by atoms with Gasteiger partial charge in [-0.15, -0.1) is 0 Å². The molecule has 0 saturated heterocycles. The molecular formula is C30H61O2Sn. The van der Waals surface area contributed by atoms with Crippen LogP contribution in [-0.2, 0) is 4.79 Å². The summed E-state index contributed by atoms with van der Waals surface area (Å²) in [5.41, 5.74) is 0. The predicted molar refractivity (Wildman–Crippen MR) is 152 cm³/mol. The van der Waals surface area contributed by atoms with Crippen molar-refractivity contribution < 1.29 is 9.90 Å². The number of hydrogen-bond acceptors (Lipinski definition) is 1.